The van der Waals surface area contributed by atoms with Gasteiger partial charge in [0.05, 0.1) is 0 Å². The highest BCUT2D eigenvalue weighted by Crippen LogP contribution is 2.14. The molecule has 0 amide bonds. The Labute approximate surface area is 110 Å². The number of hydrogen-bond donors (Lipinski definition) is 1. The number of nitriles is 1. The molecule has 0 saturated heterocycles. The van der Waals surface area contributed by atoms with Crippen LogP contribution < -0.4 is 5.32 Å². The normalized spacial score (nSPS) is 10.7. The van der Waals surface area contributed by atoms with E-state index in [0.29, 0.717) is 12.6 Å². The Hall–Kier alpha value is -2.26. The van der Waals surface area contributed by atoms with Gasteiger partial charge < -0.3 is 5.32 Å². The molecule has 2 rings (SSSR count). The molecule has 0 unspecified atom stereocenters. The summed E-state index contributed by atoms with van der Waals surface area (Å²) in [4.78, 5) is 3.75. The van der Waals surface area contributed by atoms with Gasteiger partial charge >= 0.3 is 0 Å². The van der Waals surface area contributed by atoms with E-state index in [2.05, 4.69) is 15.4 Å². The van der Waals surface area contributed by atoms with Gasteiger partial charge in [0.2, 0.25) is 0 Å². The Bertz CT molecular complexity index is 612. The number of aromatic nitrogens is 3. The molecule has 0 aliphatic heterocycles. The summed E-state index contributed by atoms with van der Waals surface area (Å²) >= 11 is 0. The molecular formula is C13H14FN5. The molecule has 0 aliphatic rings. The summed E-state index contributed by atoms with van der Waals surface area (Å²) in [5.74, 6) is -0.373. The van der Waals surface area contributed by atoms with E-state index in [4.69, 9.17) is 5.26 Å². The SMILES string of the molecule is CC(C)NCc1ccc(-n2cnc(C#N)n2)c(F)c1. The minimum Gasteiger partial charge on any atom is -0.310 e. The van der Waals surface area contributed by atoms with Crippen molar-refractivity contribution in [3.05, 3.63) is 41.7 Å². The van der Waals surface area contributed by atoms with E-state index >= 15 is 0 Å². The van der Waals surface area contributed by atoms with Crippen molar-refractivity contribution in [1.82, 2.24) is 20.1 Å². The number of nitrogens with one attached hydrogen (secondary N) is 1. The summed E-state index contributed by atoms with van der Waals surface area (Å²) in [7, 11) is 0. The second-order valence-corrected chi connectivity index (χ2v) is 4.45. The second-order valence-electron chi connectivity index (χ2n) is 4.45. The zero-order valence-electron chi connectivity index (χ0n) is 10.8. The van der Waals surface area contributed by atoms with E-state index in [1.54, 1.807) is 12.1 Å². The number of nitrogens with zero attached hydrogens (tertiary/aromatic N) is 4. The maximum atomic E-state index is 14.0. The van der Waals surface area contributed by atoms with E-state index in [9.17, 15) is 4.39 Å². The lowest BCUT2D eigenvalue weighted by molar-refractivity contribution is 0.578. The van der Waals surface area contributed by atoms with Gasteiger partial charge in [-0.2, -0.15) is 5.26 Å². The predicted molar refractivity (Wildman–Crippen MR) is 68.0 cm³/mol. The predicted octanol–water partition coefficient (Wildman–Crippen LogP) is 1.78. The van der Waals surface area contributed by atoms with Crippen LogP contribution in [-0.2, 0) is 6.54 Å². The fourth-order valence-electron chi connectivity index (χ4n) is 1.60. The van der Waals surface area contributed by atoms with Crippen molar-refractivity contribution in [1.29, 1.82) is 5.26 Å². The van der Waals surface area contributed by atoms with Crippen molar-refractivity contribution in [2.24, 2.45) is 0 Å². The molecule has 1 aromatic carbocycles. The minimum atomic E-state index is -0.391. The fraction of sp³-hybridized carbons (Fsp3) is 0.308. The van der Waals surface area contributed by atoms with Crippen molar-refractivity contribution in [2.45, 2.75) is 26.4 Å². The van der Waals surface area contributed by atoms with Gasteiger partial charge in [0.25, 0.3) is 5.82 Å². The Morgan fingerprint density at radius 2 is 2.26 bits per heavy atom. The summed E-state index contributed by atoms with van der Waals surface area (Å²) in [6.45, 7) is 4.67. The van der Waals surface area contributed by atoms with Gasteiger partial charge in [-0.3, -0.25) is 0 Å². The van der Waals surface area contributed by atoms with Crippen LogP contribution in [0.2, 0.25) is 0 Å². The molecule has 6 heteroatoms. The molecule has 5 nitrogen and oxygen atoms in total. The third-order valence-electron chi connectivity index (χ3n) is 2.57. The lowest BCUT2D eigenvalue weighted by Gasteiger charge is -2.09. The summed E-state index contributed by atoms with van der Waals surface area (Å²) in [6.07, 6.45) is 1.32. The van der Waals surface area contributed by atoms with E-state index in [-0.39, 0.29) is 11.5 Å². The number of halogens is 1. The van der Waals surface area contributed by atoms with Crippen molar-refractivity contribution >= 4 is 0 Å². The Morgan fingerprint density at radius 3 is 2.84 bits per heavy atom. The average molecular weight is 259 g/mol. The van der Waals surface area contributed by atoms with Crippen LogP contribution in [0.3, 0.4) is 0 Å². The molecule has 0 spiro atoms. The first-order valence-corrected chi connectivity index (χ1v) is 5.94. The molecule has 0 saturated carbocycles. The van der Waals surface area contributed by atoms with Crippen molar-refractivity contribution in [2.75, 3.05) is 0 Å². The third-order valence-corrected chi connectivity index (χ3v) is 2.57. The standard InChI is InChI=1S/C13H14FN5/c1-9(2)16-7-10-3-4-12(11(14)5-10)19-8-17-13(6-15)18-19/h3-5,8-9,16H,7H2,1-2H3. The zero-order valence-corrected chi connectivity index (χ0v) is 10.8. The molecule has 0 aliphatic carbocycles. The highest BCUT2D eigenvalue weighted by Gasteiger charge is 2.08. The molecular weight excluding hydrogens is 245 g/mol. The minimum absolute atomic E-state index is 0.0185. The van der Waals surface area contributed by atoms with Gasteiger partial charge in [-0.05, 0) is 17.7 Å². The number of rotatable bonds is 4. The quantitative estimate of drug-likeness (QED) is 0.908. The zero-order chi connectivity index (χ0) is 13.8. The van der Waals surface area contributed by atoms with Crippen LogP contribution in [0, 0.1) is 17.1 Å². The molecule has 1 aromatic heterocycles. The first kappa shape index (κ1) is 13.2. The van der Waals surface area contributed by atoms with Crippen LogP contribution in [0.4, 0.5) is 4.39 Å². The maximum Gasteiger partial charge on any atom is 0.252 e. The van der Waals surface area contributed by atoms with Gasteiger partial charge in [-0.15, -0.1) is 5.10 Å². The number of benzene rings is 1. The Kier molecular flexibility index (Phi) is 3.88. The van der Waals surface area contributed by atoms with Gasteiger partial charge in [0.1, 0.15) is 23.9 Å². The van der Waals surface area contributed by atoms with Crippen molar-refractivity contribution in [3.63, 3.8) is 0 Å². The van der Waals surface area contributed by atoms with Gasteiger partial charge in [0.15, 0.2) is 0 Å². The third kappa shape index (κ3) is 3.14. The van der Waals surface area contributed by atoms with Gasteiger partial charge in [-0.25, -0.2) is 14.1 Å². The molecule has 1 N–H and O–H groups in total. The van der Waals surface area contributed by atoms with Crippen LogP contribution in [0.1, 0.15) is 25.2 Å². The molecule has 0 fully saturated rings. The summed E-state index contributed by atoms with van der Waals surface area (Å²) in [6, 6.07) is 7.05. The molecule has 98 valence electrons. The average Bonchev–Trinajstić information content (AvgIpc) is 2.85. The maximum absolute atomic E-state index is 14.0. The topological polar surface area (TPSA) is 66.5 Å². The first-order chi connectivity index (χ1) is 9.10. The van der Waals surface area contributed by atoms with E-state index < -0.39 is 5.82 Å². The fourth-order valence-corrected chi connectivity index (χ4v) is 1.60. The van der Waals surface area contributed by atoms with Crippen LogP contribution in [0.5, 0.6) is 0 Å². The largest absolute Gasteiger partial charge is 0.310 e. The van der Waals surface area contributed by atoms with Gasteiger partial charge in [0, 0.05) is 12.6 Å². The number of hydrogen-bond acceptors (Lipinski definition) is 4. The van der Waals surface area contributed by atoms with E-state index in [1.807, 2.05) is 19.9 Å². The molecule has 2 aromatic rings. The van der Waals surface area contributed by atoms with Crippen molar-refractivity contribution in [3.8, 4) is 11.8 Å². The van der Waals surface area contributed by atoms with Gasteiger partial charge in [-0.1, -0.05) is 19.9 Å². The Morgan fingerprint density at radius 1 is 1.47 bits per heavy atom. The highest BCUT2D eigenvalue weighted by molar-refractivity contribution is 5.35. The summed E-state index contributed by atoms with van der Waals surface area (Å²) in [5, 5.41) is 15.7. The van der Waals surface area contributed by atoms with Crippen LogP contribution in [0.15, 0.2) is 24.5 Å². The lowest BCUT2D eigenvalue weighted by Crippen LogP contribution is -2.21. The molecule has 0 radical (unpaired) electrons. The monoisotopic (exact) mass is 259 g/mol. The van der Waals surface area contributed by atoms with E-state index in [1.165, 1.54) is 17.1 Å². The summed E-state index contributed by atoms with van der Waals surface area (Å²) in [5.41, 5.74) is 1.14. The molecule has 0 atom stereocenters. The molecule has 19 heavy (non-hydrogen) atoms. The second kappa shape index (κ2) is 5.59. The van der Waals surface area contributed by atoms with Crippen LogP contribution in [0.25, 0.3) is 5.69 Å². The lowest BCUT2D eigenvalue weighted by atomic mass is 10.2. The van der Waals surface area contributed by atoms with Crippen molar-refractivity contribution < 1.29 is 4.39 Å². The van der Waals surface area contributed by atoms with Crippen LogP contribution in [-0.4, -0.2) is 20.8 Å². The highest BCUT2D eigenvalue weighted by atomic mass is 19.1. The Balaban J connectivity index is 2.22. The summed E-state index contributed by atoms with van der Waals surface area (Å²) < 4.78 is 15.2. The smallest absolute Gasteiger partial charge is 0.252 e. The molecule has 0 bridgehead atoms. The van der Waals surface area contributed by atoms with E-state index in [0.717, 1.165) is 5.56 Å². The first-order valence-electron chi connectivity index (χ1n) is 5.94. The van der Waals surface area contributed by atoms with Crippen LogP contribution >= 0.6 is 0 Å². The molecule has 1 heterocycles.